The quantitative estimate of drug-likeness (QED) is 0.0593. The number of rotatable bonds is 12. The molecule has 0 bridgehead atoms. The van der Waals surface area contributed by atoms with Crippen molar-refractivity contribution in [2.24, 2.45) is 10.2 Å². The molecule has 0 saturated heterocycles. The van der Waals surface area contributed by atoms with Crippen molar-refractivity contribution in [1.29, 1.82) is 0 Å². The van der Waals surface area contributed by atoms with E-state index in [4.69, 9.17) is 4.55 Å². The van der Waals surface area contributed by atoms with E-state index in [2.05, 4.69) is 19.7 Å². The van der Waals surface area contributed by atoms with Crippen LogP contribution < -0.4 is 5.32 Å². The fraction of sp³-hybridized carbons (Fsp3) is 0.0690. The molecule has 5 aromatic rings. The molecule has 0 aromatic heterocycles. The van der Waals surface area contributed by atoms with E-state index in [1.54, 1.807) is 6.07 Å². The van der Waals surface area contributed by atoms with Crippen molar-refractivity contribution in [2.45, 2.75) is 19.6 Å². The fourth-order valence-corrected chi connectivity index (χ4v) is 8.81. The van der Waals surface area contributed by atoms with E-state index in [9.17, 15) is 65.6 Å². The number of anilines is 1. The van der Waals surface area contributed by atoms with Crippen LogP contribution in [-0.4, -0.2) is 202 Å². The van der Waals surface area contributed by atoms with Crippen molar-refractivity contribution in [2.75, 3.05) is 17.7 Å². The third kappa shape index (κ3) is 13.0. The zero-order valence-corrected chi connectivity index (χ0v) is 42.6. The van der Waals surface area contributed by atoms with Crippen molar-refractivity contribution in [1.82, 2.24) is 0 Å². The third-order valence-corrected chi connectivity index (χ3v) is 12.3. The first-order valence-corrected chi connectivity index (χ1v) is 21.7. The molecule has 0 aliphatic heterocycles. The predicted octanol–water partition coefficient (Wildman–Crippen LogP) is 2.18. The van der Waals surface area contributed by atoms with E-state index >= 15 is 0 Å². The summed E-state index contributed by atoms with van der Waals surface area (Å²) in [6, 6.07) is 14.3. The summed E-state index contributed by atoms with van der Waals surface area (Å²) in [5.74, 6) is -2.99. The normalized spacial score (nSPS) is 12.2. The molecule has 290 valence electrons. The number of phenolic OH excluding ortho intramolecular Hbond substituents is 1. The number of fused-ring (bicyclic) bond motifs is 2. The Morgan fingerprint density at radius 1 is 0.655 bits per heavy atom. The second kappa shape index (κ2) is 20.9. The number of benzene rings is 5. The Balaban J connectivity index is 0.00000420. The first-order valence-electron chi connectivity index (χ1n) is 14.3. The minimum absolute atomic E-state index is 0. The molecule has 0 heterocycles. The average Bonchev–Trinajstić information content (AvgIpc) is 3.05. The van der Waals surface area contributed by atoms with Gasteiger partial charge in [-0.15, -0.1) is 10.2 Å². The average molecular weight is 938 g/mol. The molecule has 0 aliphatic rings. The van der Waals surface area contributed by atoms with E-state index in [-0.39, 0.29) is 140 Å². The molecular formula is C29H23N3Na4O17S5. The van der Waals surface area contributed by atoms with Crippen molar-refractivity contribution in [3.63, 3.8) is 0 Å². The number of carbonyl (C=O) groups is 1. The molecule has 58 heavy (non-hydrogen) atoms. The second-order valence-electron chi connectivity index (χ2n) is 10.9. The van der Waals surface area contributed by atoms with Gasteiger partial charge in [-0.2, -0.15) is 33.7 Å². The van der Waals surface area contributed by atoms with Gasteiger partial charge in [-0.1, -0.05) is 30.3 Å². The van der Waals surface area contributed by atoms with Gasteiger partial charge >= 0.3 is 10.4 Å². The standard InChI is InChI=1S/C29H23N3O17S5.4Na/c33-27-25-20(23(51(37,38)39)11-10-21(25)30-29(34)16-4-2-1-3-5-16)15-24(52(40,41)42)26(27)32-31-22-9-6-17-14-18(7-8-19(17)28(22)53(43,44)45)50(35,36)13-12-49-54(46,47)48;;;;/h1-11,14-15,33H,12-13H2,(H,30,34)(H,37,38,39)(H,40,41,42)(H,43,44,45)(H,46,47,48);;;;. The molecule has 5 aromatic carbocycles. The monoisotopic (exact) mass is 937 g/mol. The Bertz CT molecular complexity index is 2990. The largest absolute Gasteiger partial charge is 0.505 e. The molecule has 1 amide bonds. The molecule has 0 saturated carbocycles. The maximum atomic E-state index is 13.0. The van der Waals surface area contributed by atoms with Gasteiger partial charge in [0.2, 0.25) is 0 Å². The second-order valence-corrected chi connectivity index (χ2v) is 18.3. The number of amides is 1. The zero-order chi connectivity index (χ0) is 40.0. The van der Waals surface area contributed by atoms with E-state index in [0.29, 0.717) is 6.07 Å². The van der Waals surface area contributed by atoms with E-state index < -0.39 is 116 Å². The minimum atomic E-state index is -5.46. The van der Waals surface area contributed by atoms with Crippen LogP contribution in [0.25, 0.3) is 21.5 Å². The maximum absolute atomic E-state index is 13.0. The summed E-state index contributed by atoms with van der Waals surface area (Å²) in [4.78, 5) is 9.21. The Morgan fingerprint density at radius 3 is 1.81 bits per heavy atom. The molecule has 0 unspecified atom stereocenters. The van der Waals surface area contributed by atoms with Gasteiger partial charge in [-0.25, -0.2) is 12.6 Å². The summed E-state index contributed by atoms with van der Waals surface area (Å²) in [7, 11) is -25.2. The van der Waals surface area contributed by atoms with Gasteiger partial charge in [0.05, 0.1) is 28.3 Å². The molecule has 4 radical (unpaired) electrons. The molecule has 6 N–H and O–H groups in total. The number of nitrogens with zero attached hydrogens (tertiary/aromatic N) is 2. The minimum Gasteiger partial charge on any atom is -0.505 e. The molecule has 0 atom stereocenters. The molecular weight excluding hydrogens is 915 g/mol. The van der Waals surface area contributed by atoms with Crippen LogP contribution in [0.4, 0.5) is 17.1 Å². The van der Waals surface area contributed by atoms with Crippen LogP contribution in [0.3, 0.4) is 0 Å². The number of hydrogen-bond acceptors (Lipinski definition) is 15. The molecule has 0 aliphatic carbocycles. The number of carbonyl (C=O) groups excluding carboxylic acids is 1. The van der Waals surface area contributed by atoms with Gasteiger partial charge in [0.25, 0.3) is 36.3 Å². The van der Waals surface area contributed by atoms with Crippen LogP contribution in [0.5, 0.6) is 5.75 Å². The Morgan fingerprint density at radius 2 is 1.26 bits per heavy atom. The van der Waals surface area contributed by atoms with E-state index in [1.165, 1.54) is 24.3 Å². The summed E-state index contributed by atoms with van der Waals surface area (Å²) < 4.78 is 164. The summed E-state index contributed by atoms with van der Waals surface area (Å²) in [6.07, 6.45) is 0. The number of phenols is 1. The Kier molecular flexibility index (Phi) is 19.9. The van der Waals surface area contributed by atoms with E-state index in [1.807, 2.05) is 0 Å². The van der Waals surface area contributed by atoms with Crippen LogP contribution in [0.1, 0.15) is 10.4 Å². The Hall–Kier alpha value is -0.960. The molecule has 29 heteroatoms. The molecule has 0 spiro atoms. The van der Waals surface area contributed by atoms with Crippen LogP contribution in [0, 0.1) is 0 Å². The first-order chi connectivity index (χ1) is 24.9. The number of nitrogens with one attached hydrogen (secondary N) is 1. The molecule has 5 rings (SSSR count). The van der Waals surface area contributed by atoms with Gasteiger partial charge in [-0.05, 0) is 53.9 Å². The number of azo groups is 1. The van der Waals surface area contributed by atoms with Gasteiger partial charge < -0.3 is 10.4 Å². The van der Waals surface area contributed by atoms with Crippen LogP contribution in [-0.2, 0) is 54.8 Å². The third-order valence-electron chi connectivity index (χ3n) is 7.40. The summed E-state index contributed by atoms with van der Waals surface area (Å²) in [5.41, 5.74) is -2.15. The van der Waals surface area contributed by atoms with Crippen LogP contribution in [0.2, 0.25) is 0 Å². The van der Waals surface area contributed by atoms with Gasteiger partial charge in [-0.3, -0.25) is 23.0 Å². The zero-order valence-electron chi connectivity index (χ0n) is 30.5. The predicted molar refractivity (Wildman–Crippen MR) is 210 cm³/mol. The van der Waals surface area contributed by atoms with Crippen molar-refractivity contribution in [3.8, 4) is 5.75 Å². The number of aromatic hydroxyl groups is 1. The topological polar surface area (TPSA) is 335 Å². The fourth-order valence-electron chi connectivity index (χ4n) is 5.12. The SMILES string of the molecule is O=C(Nc1ccc(S(=O)(=O)O)c2cc(S(=O)(=O)O)c(N=Nc3ccc4cc(S(=O)(=O)CCOS(=O)(=O)O)ccc4c3S(=O)(=O)O)c(O)c12)c1ccccc1.[Na].[Na].[Na].[Na]. The van der Waals surface area contributed by atoms with Gasteiger partial charge in [0, 0.05) is 135 Å². The van der Waals surface area contributed by atoms with Crippen molar-refractivity contribution < 1.29 is 74.4 Å². The van der Waals surface area contributed by atoms with Gasteiger partial charge in [0.1, 0.15) is 26.1 Å². The van der Waals surface area contributed by atoms with Crippen LogP contribution >= 0.6 is 0 Å². The Labute approximate surface area is 419 Å². The summed E-state index contributed by atoms with van der Waals surface area (Å²) >= 11 is 0. The smallest absolute Gasteiger partial charge is 0.397 e. The van der Waals surface area contributed by atoms with Crippen molar-refractivity contribution >= 4 is 213 Å². The number of hydrogen-bond donors (Lipinski definition) is 6. The maximum Gasteiger partial charge on any atom is 0.397 e. The van der Waals surface area contributed by atoms with Crippen molar-refractivity contribution in [3.05, 3.63) is 84.4 Å². The number of sulfone groups is 1. The van der Waals surface area contributed by atoms with Crippen LogP contribution in [0.15, 0.2) is 109 Å². The molecule has 0 fully saturated rings. The first kappa shape index (κ1) is 55.1. The van der Waals surface area contributed by atoms with Gasteiger partial charge in [0.15, 0.2) is 15.6 Å². The molecule has 20 nitrogen and oxygen atoms in total. The summed E-state index contributed by atoms with van der Waals surface area (Å²) in [5, 5.41) is 19.2. The summed E-state index contributed by atoms with van der Waals surface area (Å²) in [6.45, 7) is -0.972. The van der Waals surface area contributed by atoms with E-state index in [0.717, 1.165) is 42.5 Å².